The second-order valence-electron chi connectivity index (χ2n) is 6.58. The maximum absolute atomic E-state index is 12.6. The molecule has 2 aliphatic rings. The lowest BCUT2D eigenvalue weighted by molar-refractivity contribution is -0.129. The van der Waals surface area contributed by atoms with Crippen molar-refractivity contribution in [1.82, 2.24) is 9.88 Å². The van der Waals surface area contributed by atoms with Gasteiger partial charge in [0.05, 0.1) is 19.4 Å². The molecule has 1 aromatic carbocycles. The molecule has 1 aliphatic heterocycles. The number of hydrogen-bond acceptors (Lipinski definition) is 5. The molecule has 4 rings (SSSR count). The van der Waals surface area contributed by atoms with Crippen LogP contribution >= 0.6 is 11.8 Å². The van der Waals surface area contributed by atoms with E-state index in [9.17, 15) is 4.79 Å². The van der Waals surface area contributed by atoms with Crippen molar-refractivity contribution in [2.24, 2.45) is 0 Å². The van der Waals surface area contributed by atoms with Crippen LogP contribution in [0, 0.1) is 0 Å². The van der Waals surface area contributed by atoms with Crippen LogP contribution in [0.1, 0.15) is 42.5 Å². The molecular weight excluding hydrogens is 336 g/mol. The van der Waals surface area contributed by atoms with Crippen LogP contribution in [0.4, 0.5) is 0 Å². The molecule has 0 saturated heterocycles. The van der Waals surface area contributed by atoms with Crippen molar-refractivity contribution >= 4 is 17.7 Å². The Balaban J connectivity index is 1.35. The fourth-order valence-electron chi connectivity index (χ4n) is 3.19. The Kier molecular flexibility index (Phi) is 4.70. The quantitative estimate of drug-likeness (QED) is 0.764. The van der Waals surface area contributed by atoms with E-state index in [-0.39, 0.29) is 5.91 Å². The van der Waals surface area contributed by atoms with Crippen LogP contribution in [0.2, 0.25) is 0 Å². The number of aromatic nitrogens is 1. The van der Waals surface area contributed by atoms with Crippen molar-refractivity contribution in [2.45, 2.75) is 43.0 Å². The van der Waals surface area contributed by atoms with Crippen molar-refractivity contribution < 1.29 is 13.9 Å². The maximum Gasteiger partial charge on any atom is 0.233 e. The summed E-state index contributed by atoms with van der Waals surface area (Å²) < 4.78 is 11.1. The van der Waals surface area contributed by atoms with E-state index in [1.807, 2.05) is 29.2 Å². The normalized spacial score (nSPS) is 17.1. The van der Waals surface area contributed by atoms with Gasteiger partial charge < -0.3 is 14.1 Å². The average molecular weight is 358 g/mol. The number of methoxy groups -OCH3 is 1. The van der Waals surface area contributed by atoms with Crippen molar-refractivity contribution in [1.29, 1.82) is 0 Å². The standard InChI is InChI=1S/C19H22N2O3S/c1-23-14-6-3-7-15(10-14)25-12-18(22)21-9-8-17-16(11-21)20-19(24-17)13-4-2-5-13/h3,6-7,10,13H,2,4-5,8-9,11-12H2,1H3. The molecule has 1 aromatic heterocycles. The molecule has 0 unspecified atom stereocenters. The van der Waals surface area contributed by atoms with Gasteiger partial charge in [-0.05, 0) is 31.0 Å². The minimum atomic E-state index is 0.145. The second-order valence-corrected chi connectivity index (χ2v) is 7.63. The number of nitrogens with zero attached hydrogens (tertiary/aromatic N) is 2. The number of amides is 1. The van der Waals surface area contributed by atoms with E-state index in [2.05, 4.69) is 4.98 Å². The molecule has 0 radical (unpaired) electrons. The van der Waals surface area contributed by atoms with Gasteiger partial charge >= 0.3 is 0 Å². The van der Waals surface area contributed by atoms with Crippen molar-refractivity contribution in [3.63, 3.8) is 0 Å². The van der Waals surface area contributed by atoms with Crippen LogP contribution in [0.5, 0.6) is 5.75 Å². The van der Waals surface area contributed by atoms with Gasteiger partial charge in [0.1, 0.15) is 17.2 Å². The Labute approximate surface area is 151 Å². The molecule has 2 heterocycles. The highest BCUT2D eigenvalue weighted by molar-refractivity contribution is 8.00. The third kappa shape index (κ3) is 3.54. The van der Waals surface area contributed by atoms with Gasteiger partial charge in [-0.1, -0.05) is 12.5 Å². The van der Waals surface area contributed by atoms with Gasteiger partial charge in [0.15, 0.2) is 5.89 Å². The van der Waals surface area contributed by atoms with E-state index in [0.717, 1.165) is 34.4 Å². The highest BCUT2D eigenvalue weighted by atomic mass is 32.2. The Hall–Kier alpha value is -1.95. The molecule has 6 heteroatoms. The fourth-order valence-corrected chi connectivity index (χ4v) is 4.04. The summed E-state index contributed by atoms with van der Waals surface area (Å²) in [5.74, 6) is 3.74. The molecule has 0 N–H and O–H groups in total. The number of carbonyl (C=O) groups excluding carboxylic acids is 1. The molecule has 0 spiro atoms. The lowest BCUT2D eigenvalue weighted by atomic mass is 9.85. The summed E-state index contributed by atoms with van der Waals surface area (Å²) in [5, 5.41) is 0. The molecular formula is C19H22N2O3S. The first-order valence-electron chi connectivity index (χ1n) is 8.76. The smallest absolute Gasteiger partial charge is 0.233 e. The van der Waals surface area contributed by atoms with E-state index in [1.165, 1.54) is 19.3 Å². The summed E-state index contributed by atoms with van der Waals surface area (Å²) in [6, 6.07) is 7.80. The van der Waals surface area contributed by atoms with E-state index in [0.29, 0.717) is 24.8 Å². The predicted octanol–water partition coefficient (Wildman–Crippen LogP) is 3.63. The van der Waals surface area contributed by atoms with Crippen LogP contribution < -0.4 is 4.74 Å². The number of benzene rings is 1. The third-order valence-corrected chi connectivity index (χ3v) is 5.93. The minimum absolute atomic E-state index is 0.145. The van der Waals surface area contributed by atoms with Crippen LogP contribution in [0.3, 0.4) is 0 Å². The summed E-state index contributed by atoms with van der Waals surface area (Å²) in [7, 11) is 1.65. The van der Waals surface area contributed by atoms with Gasteiger partial charge in [-0.3, -0.25) is 4.79 Å². The molecule has 25 heavy (non-hydrogen) atoms. The topological polar surface area (TPSA) is 55.6 Å². The van der Waals surface area contributed by atoms with Gasteiger partial charge in [0, 0.05) is 23.8 Å². The van der Waals surface area contributed by atoms with E-state index < -0.39 is 0 Å². The van der Waals surface area contributed by atoms with Crippen LogP contribution in [0.25, 0.3) is 0 Å². The van der Waals surface area contributed by atoms with Gasteiger partial charge in [0.25, 0.3) is 0 Å². The molecule has 1 fully saturated rings. The zero-order valence-electron chi connectivity index (χ0n) is 14.4. The molecule has 2 aromatic rings. The molecule has 1 saturated carbocycles. The van der Waals surface area contributed by atoms with E-state index >= 15 is 0 Å². The van der Waals surface area contributed by atoms with E-state index in [1.54, 1.807) is 18.9 Å². The van der Waals surface area contributed by atoms with Crippen molar-refractivity contribution in [2.75, 3.05) is 19.4 Å². The Morgan fingerprint density at radius 2 is 2.32 bits per heavy atom. The first-order valence-corrected chi connectivity index (χ1v) is 9.74. The van der Waals surface area contributed by atoms with Gasteiger partial charge in [-0.15, -0.1) is 11.8 Å². The predicted molar refractivity (Wildman–Crippen MR) is 95.9 cm³/mol. The highest BCUT2D eigenvalue weighted by Gasteiger charge is 2.30. The van der Waals surface area contributed by atoms with Crippen LogP contribution in [-0.4, -0.2) is 35.2 Å². The molecule has 0 bridgehead atoms. The van der Waals surface area contributed by atoms with Crippen LogP contribution in [0.15, 0.2) is 33.6 Å². The zero-order chi connectivity index (χ0) is 17.2. The van der Waals surface area contributed by atoms with Gasteiger partial charge in [-0.2, -0.15) is 0 Å². The lowest BCUT2D eigenvalue weighted by Crippen LogP contribution is -2.36. The molecule has 0 atom stereocenters. The Bertz CT molecular complexity index is 770. The van der Waals surface area contributed by atoms with Gasteiger partial charge in [-0.25, -0.2) is 4.98 Å². The summed E-state index contributed by atoms with van der Waals surface area (Å²) in [5.41, 5.74) is 0.952. The summed E-state index contributed by atoms with van der Waals surface area (Å²) in [6.07, 6.45) is 4.40. The average Bonchev–Trinajstić information content (AvgIpc) is 3.00. The molecule has 132 valence electrons. The summed E-state index contributed by atoms with van der Waals surface area (Å²) in [6.45, 7) is 1.28. The van der Waals surface area contributed by atoms with Crippen molar-refractivity contribution in [3.8, 4) is 5.75 Å². The van der Waals surface area contributed by atoms with E-state index in [4.69, 9.17) is 9.15 Å². The minimum Gasteiger partial charge on any atom is -0.497 e. The number of hydrogen-bond donors (Lipinski definition) is 0. The number of fused-ring (bicyclic) bond motifs is 1. The number of thioether (sulfide) groups is 1. The monoisotopic (exact) mass is 358 g/mol. The third-order valence-electron chi connectivity index (χ3n) is 4.95. The molecule has 1 aliphatic carbocycles. The summed E-state index contributed by atoms with van der Waals surface area (Å²) >= 11 is 1.54. The molecule has 5 nitrogen and oxygen atoms in total. The molecule has 1 amide bonds. The first kappa shape index (κ1) is 16.5. The Morgan fingerprint density at radius 1 is 1.44 bits per heavy atom. The first-order chi connectivity index (χ1) is 12.2. The number of carbonyl (C=O) groups is 1. The maximum atomic E-state index is 12.6. The highest BCUT2D eigenvalue weighted by Crippen LogP contribution is 2.37. The number of rotatable bonds is 5. The largest absolute Gasteiger partial charge is 0.497 e. The number of oxazole rings is 1. The number of ether oxygens (including phenoxy) is 1. The Morgan fingerprint density at radius 3 is 3.08 bits per heavy atom. The lowest BCUT2D eigenvalue weighted by Gasteiger charge is -2.25. The summed E-state index contributed by atoms with van der Waals surface area (Å²) in [4.78, 5) is 20.2. The SMILES string of the molecule is COc1cccc(SCC(=O)N2CCc3oc(C4CCC4)nc3C2)c1. The van der Waals surface area contributed by atoms with Gasteiger partial charge in [0.2, 0.25) is 5.91 Å². The van der Waals surface area contributed by atoms with Crippen LogP contribution in [-0.2, 0) is 17.8 Å². The van der Waals surface area contributed by atoms with Crippen molar-refractivity contribution in [3.05, 3.63) is 41.6 Å². The fraction of sp³-hybridized carbons (Fsp3) is 0.474. The second kappa shape index (κ2) is 7.12. The zero-order valence-corrected chi connectivity index (χ0v) is 15.2.